The van der Waals surface area contributed by atoms with Crippen LogP contribution in [0.1, 0.15) is 16.8 Å². The van der Waals surface area contributed by atoms with E-state index in [-0.39, 0.29) is 12.0 Å². The number of nitrogens with zero attached hydrogens (tertiary/aromatic N) is 4. The van der Waals surface area contributed by atoms with Crippen LogP contribution in [-0.4, -0.2) is 58.2 Å². The van der Waals surface area contributed by atoms with Crippen LogP contribution in [0.5, 0.6) is 0 Å². The van der Waals surface area contributed by atoms with Gasteiger partial charge in [0.1, 0.15) is 5.82 Å². The van der Waals surface area contributed by atoms with Crippen molar-refractivity contribution in [3.8, 4) is 0 Å². The van der Waals surface area contributed by atoms with Crippen LogP contribution in [0.25, 0.3) is 0 Å². The molecule has 24 heavy (non-hydrogen) atoms. The summed E-state index contributed by atoms with van der Waals surface area (Å²) < 4.78 is 0. The van der Waals surface area contributed by atoms with Crippen molar-refractivity contribution >= 4 is 17.7 Å². The number of amides is 1. The van der Waals surface area contributed by atoms with E-state index in [4.69, 9.17) is 0 Å². The third kappa shape index (κ3) is 4.17. The van der Waals surface area contributed by atoms with Gasteiger partial charge in [-0.3, -0.25) is 9.78 Å². The quantitative estimate of drug-likeness (QED) is 0.655. The number of carbonyl (C=O) groups is 1. The molecule has 1 fully saturated rings. The van der Waals surface area contributed by atoms with Crippen molar-refractivity contribution in [1.82, 2.24) is 20.3 Å². The highest BCUT2D eigenvalue weighted by atomic mass is 16.3. The number of pyridine rings is 1. The smallest absolute Gasteiger partial charge is 0.251 e. The second-order valence-corrected chi connectivity index (χ2v) is 5.55. The predicted molar refractivity (Wildman–Crippen MR) is 89.9 cm³/mol. The van der Waals surface area contributed by atoms with Crippen molar-refractivity contribution in [2.24, 2.45) is 0 Å². The Morgan fingerprint density at radius 3 is 2.83 bits per heavy atom. The van der Waals surface area contributed by atoms with Crippen molar-refractivity contribution in [2.45, 2.75) is 12.5 Å². The van der Waals surface area contributed by atoms with Gasteiger partial charge in [0.25, 0.3) is 5.91 Å². The van der Waals surface area contributed by atoms with E-state index < -0.39 is 0 Å². The van der Waals surface area contributed by atoms with Crippen LogP contribution in [-0.2, 0) is 0 Å². The zero-order chi connectivity index (χ0) is 16.8. The van der Waals surface area contributed by atoms with Gasteiger partial charge >= 0.3 is 0 Å². The molecule has 0 aromatic carbocycles. The Hall–Kier alpha value is -2.74. The summed E-state index contributed by atoms with van der Waals surface area (Å²) in [6, 6.07) is 5.16. The monoisotopic (exact) mass is 328 g/mol. The normalized spacial score (nSPS) is 16.9. The molecule has 1 amide bonds. The maximum absolute atomic E-state index is 11.9. The third-order valence-electron chi connectivity index (χ3n) is 3.76. The summed E-state index contributed by atoms with van der Waals surface area (Å²) in [6.07, 6.45) is 5.32. The molecule has 3 heterocycles. The van der Waals surface area contributed by atoms with Crippen molar-refractivity contribution in [3.63, 3.8) is 0 Å². The van der Waals surface area contributed by atoms with E-state index in [2.05, 4.69) is 25.6 Å². The lowest BCUT2D eigenvalue weighted by Gasteiger charge is -2.17. The van der Waals surface area contributed by atoms with Gasteiger partial charge in [0.05, 0.1) is 6.10 Å². The average Bonchev–Trinajstić information content (AvgIpc) is 3.06. The van der Waals surface area contributed by atoms with Gasteiger partial charge in [0, 0.05) is 50.3 Å². The highest BCUT2D eigenvalue weighted by Gasteiger charge is 2.21. The molecule has 1 saturated heterocycles. The lowest BCUT2D eigenvalue weighted by molar-refractivity contribution is 0.0955. The van der Waals surface area contributed by atoms with Crippen LogP contribution in [0.4, 0.5) is 11.8 Å². The average molecular weight is 328 g/mol. The second kappa shape index (κ2) is 7.69. The standard InChI is InChI=1S/C16H20N6O2/c23-13-4-10-22(11-13)14-3-7-19-16(21-14)20-9-8-18-15(24)12-1-5-17-6-2-12/h1-3,5-7,13,23H,4,8-11H2,(H,18,24)(H,19,20,21)/t13-/m1/s1. The maximum Gasteiger partial charge on any atom is 0.251 e. The van der Waals surface area contributed by atoms with E-state index in [0.717, 1.165) is 18.8 Å². The molecule has 8 heteroatoms. The highest BCUT2D eigenvalue weighted by molar-refractivity contribution is 5.93. The topological polar surface area (TPSA) is 103 Å². The van der Waals surface area contributed by atoms with Gasteiger partial charge in [0.2, 0.25) is 5.95 Å². The molecule has 3 N–H and O–H groups in total. The summed E-state index contributed by atoms with van der Waals surface area (Å²) in [4.78, 5) is 26.4. The van der Waals surface area contributed by atoms with E-state index in [1.165, 1.54) is 0 Å². The fraction of sp³-hybridized carbons (Fsp3) is 0.375. The van der Waals surface area contributed by atoms with Gasteiger partial charge < -0.3 is 20.6 Å². The Kier molecular flexibility index (Phi) is 5.17. The molecule has 126 valence electrons. The number of hydrogen-bond donors (Lipinski definition) is 3. The van der Waals surface area contributed by atoms with Crippen molar-refractivity contribution in [2.75, 3.05) is 36.4 Å². The van der Waals surface area contributed by atoms with Crippen LogP contribution in [0.15, 0.2) is 36.8 Å². The number of aliphatic hydroxyl groups excluding tert-OH is 1. The number of aromatic nitrogens is 3. The zero-order valence-corrected chi connectivity index (χ0v) is 13.2. The Balaban J connectivity index is 1.46. The van der Waals surface area contributed by atoms with Crippen molar-refractivity contribution < 1.29 is 9.90 Å². The van der Waals surface area contributed by atoms with Gasteiger partial charge in [-0.1, -0.05) is 0 Å². The molecule has 0 unspecified atom stereocenters. The summed E-state index contributed by atoms with van der Waals surface area (Å²) in [5.74, 6) is 1.16. The van der Waals surface area contributed by atoms with Gasteiger partial charge in [-0.2, -0.15) is 4.98 Å². The zero-order valence-electron chi connectivity index (χ0n) is 13.2. The van der Waals surface area contributed by atoms with Gasteiger partial charge in [-0.05, 0) is 24.6 Å². The molecule has 0 bridgehead atoms. The molecular formula is C16H20N6O2. The molecule has 0 aliphatic carbocycles. The molecule has 2 aromatic rings. The van der Waals surface area contributed by atoms with Gasteiger partial charge in [-0.25, -0.2) is 4.98 Å². The number of anilines is 2. The van der Waals surface area contributed by atoms with Crippen molar-refractivity contribution in [3.05, 3.63) is 42.4 Å². The second-order valence-electron chi connectivity index (χ2n) is 5.55. The molecule has 0 spiro atoms. The van der Waals surface area contributed by atoms with Crippen LogP contribution in [0.3, 0.4) is 0 Å². The summed E-state index contributed by atoms with van der Waals surface area (Å²) in [5.41, 5.74) is 0.579. The molecule has 0 radical (unpaired) electrons. The number of rotatable bonds is 6. The first-order valence-corrected chi connectivity index (χ1v) is 7.90. The Bertz CT molecular complexity index is 681. The first-order chi connectivity index (χ1) is 11.7. The molecule has 3 rings (SSSR count). The van der Waals surface area contributed by atoms with Crippen LogP contribution < -0.4 is 15.5 Å². The van der Waals surface area contributed by atoms with Crippen LogP contribution in [0, 0.1) is 0 Å². The maximum atomic E-state index is 11.9. The summed E-state index contributed by atoms with van der Waals surface area (Å²) in [7, 11) is 0. The molecule has 1 aliphatic rings. The fourth-order valence-electron chi connectivity index (χ4n) is 2.52. The Labute approximate surface area is 140 Å². The minimum atomic E-state index is -0.292. The minimum absolute atomic E-state index is 0.139. The molecule has 1 aliphatic heterocycles. The van der Waals surface area contributed by atoms with Gasteiger partial charge in [0.15, 0.2) is 0 Å². The lowest BCUT2D eigenvalue weighted by Crippen LogP contribution is -2.29. The Morgan fingerprint density at radius 2 is 2.08 bits per heavy atom. The molecule has 2 aromatic heterocycles. The van der Waals surface area contributed by atoms with E-state index in [1.54, 1.807) is 30.7 Å². The third-order valence-corrected chi connectivity index (χ3v) is 3.76. The largest absolute Gasteiger partial charge is 0.391 e. The summed E-state index contributed by atoms with van der Waals surface area (Å²) in [5, 5.41) is 15.5. The molecule has 1 atom stereocenters. The van der Waals surface area contributed by atoms with E-state index in [0.29, 0.717) is 31.1 Å². The fourth-order valence-corrected chi connectivity index (χ4v) is 2.52. The predicted octanol–water partition coefficient (Wildman–Crippen LogP) is 0.284. The van der Waals surface area contributed by atoms with E-state index >= 15 is 0 Å². The molecule has 0 saturated carbocycles. The summed E-state index contributed by atoms with van der Waals surface area (Å²) in [6.45, 7) is 2.36. The van der Waals surface area contributed by atoms with Crippen LogP contribution in [0.2, 0.25) is 0 Å². The highest BCUT2D eigenvalue weighted by Crippen LogP contribution is 2.18. The number of hydrogen-bond acceptors (Lipinski definition) is 7. The minimum Gasteiger partial charge on any atom is -0.391 e. The number of aliphatic hydroxyl groups is 1. The molecular weight excluding hydrogens is 308 g/mol. The first kappa shape index (κ1) is 16.1. The lowest BCUT2D eigenvalue weighted by atomic mass is 10.2. The Morgan fingerprint density at radius 1 is 1.25 bits per heavy atom. The SMILES string of the molecule is O=C(NCCNc1nccc(N2CC[C@@H](O)C2)n1)c1ccncc1. The summed E-state index contributed by atoms with van der Waals surface area (Å²) >= 11 is 0. The number of carbonyl (C=O) groups excluding carboxylic acids is 1. The van der Waals surface area contributed by atoms with Gasteiger partial charge in [-0.15, -0.1) is 0 Å². The van der Waals surface area contributed by atoms with Crippen molar-refractivity contribution in [1.29, 1.82) is 0 Å². The first-order valence-electron chi connectivity index (χ1n) is 7.90. The molecule has 8 nitrogen and oxygen atoms in total. The van der Waals surface area contributed by atoms with E-state index in [9.17, 15) is 9.90 Å². The van der Waals surface area contributed by atoms with E-state index in [1.807, 2.05) is 11.0 Å². The number of β-amino-alcohol motifs (C(OH)–C–C–N with tert-alkyl or cyclic N) is 1. The number of nitrogens with one attached hydrogen (secondary N) is 2. The van der Waals surface area contributed by atoms with Crippen LogP contribution >= 0.6 is 0 Å².